The van der Waals surface area contributed by atoms with E-state index in [1.54, 1.807) is 0 Å². The van der Waals surface area contributed by atoms with E-state index in [1.165, 1.54) is 5.56 Å². The molecule has 0 amide bonds. The van der Waals surface area contributed by atoms with Crippen LogP contribution in [0.2, 0.25) is 0 Å². The largest absolute Gasteiger partial charge is 0.560 e. The summed E-state index contributed by atoms with van der Waals surface area (Å²) in [6.07, 6.45) is 6.76. The molecular formula is C9H7Br2Mg. The van der Waals surface area contributed by atoms with Crippen LogP contribution in [-0.4, -0.2) is 16.0 Å². The molecule has 0 aromatic heterocycles. The Morgan fingerprint density at radius 1 is 1.25 bits per heavy atom. The third kappa shape index (κ3) is 6.07. The van der Waals surface area contributed by atoms with E-state index in [1.807, 2.05) is 31.2 Å². The van der Waals surface area contributed by atoms with Crippen molar-refractivity contribution in [3.8, 4) is 5.92 Å². The van der Waals surface area contributed by atoms with Gasteiger partial charge in [0.1, 0.15) is 0 Å². The molecule has 0 heterocycles. The Morgan fingerprint density at radius 3 is 2.00 bits per heavy atom. The van der Waals surface area contributed by atoms with Crippen molar-refractivity contribution in [1.82, 2.24) is 0 Å². The van der Waals surface area contributed by atoms with Gasteiger partial charge in [0.15, 0.2) is 0 Å². The fourth-order valence-electron chi connectivity index (χ4n) is 0.637. The molecule has 0 saturated heterocycles. The van der Waals surface area contributed by atoms with Gasteiger partial charge < -0.3 is 0 Å². The van der Waals surface area contributed by atoms with Crippen molar-refractivity contribution in [1.29, 1.82) is 0 Å². The van der Waals surface area contributed by atoms with Crippen LogP contribution in [0.15, 0.2) is 24.3 Å². The summed E-state index contributed by atoms with van der Waals surface area (Å²) in [5.74, 6) is 2.30. The van der Waals surface area contributed by atoms with E-state index < -0.39 is 0 Å². The van der Waals surface area contributed by atoms with Crippen molar-refractivity contribution in [2.75, 3.05) is 0 Å². The Labute approximate surface area is 95.6 Å². The van der Waals surface area contributed by atoms with Crippen LogP contribution >= 0.6 is 25.8 Å². The van der Waals surface area contributed by atoms with Crippen LogP contribution in [-0.2, 0) is 0 Å². The molecule has 0 unspecified atom stereocenters. The molecule has 0 saturated carbocycles. The third-order valence-corrected chi connectivity index (χ3v) is 1.20. The van der Waals surface area contributed by atoms with E-state index in [-0.39, 0.29) is 16.0 Å². The average molecular weight is 299 g/mol. The molecule has 0 N–H and O–H groups in total. The molecule has 1 aromatic carbocycles. The molecule has 0 fully saturated rings. The molecular weight excluding hydrogens is 292 g/mol. The van der Waals surface area contributed by atoms with Crippen LogP contribution in [0, 0.1) is 19.3 Å². The summed E-state index contributed by atoms with van der Waals surface area (Å²) in [5, 5.41) is 0. The molecule has 0 atom stereocenters. The maximum absolute atomic E-state index is 6.76. The minimum Gasteiger partial charge on any atom is -0.280 e. The lowest BCUT2D eigenvalue weighted by Gasteiger charge is -1.89. The van der Waals surface area contributed by atoms with Gasteiger partial charge in [-0.15, -0.1) is 0 Å². The monoisotopic (exact) mass is 297 g/mol. The zero-order valence-corrected chi connectivity index (χ0v) is 11.4. The predicted octanol–water partition coefficient (Wildman–Crippen LogP) is 3.24. The zero-order chi connectivity index (χ0) is 9.40. The van der Waals surface area contributed by atoms with E-state index in [0.29, 0.717) is 0 Å². The number of halogens is 2. The molecule has 1 radical (unpaired) electrons. The molecule has 1 aromatic rings. The van der Waals surface area contributed by atoms with E-state index in [4.69, 9.17) is 6.42 Å². The second-order valence-corrected chi connectivity index (χ2v) is 10.2. The lowest BCUT2D eigenvalue weighted by atomic mass is 10.2. The lowest BCUT2D eigenvalue weighted by Crippen LogP contribution is -1.72. The molecule has 0 aliphatic carbocycles. The summed E-state index contributed by atoms with van der Waals surface area (Å²) >= 11 is 6.44. The van der Waals surface area contributed by atoms with Crippen molar-refractivity contribution in [2.24, 2.45) is 0 Å². The molecule has 0 aliphatic heterocycles. The fourth-order valence-corrected chi connectivity index (χ4v) is 0.637. The average Bonchev–Trinajstić information content (AvgIpc) is 2.07. The van der Waals surface area contributed by atoms with Gasteiger partial charge in [-0.3, -0.25) is 25.8 Å². The Balaban J connectivity index is 0.000000354. The topological polar surface area (TPSA) is 0 Å². The number of benzene rings is 1. The van der Waals surface area contributed by atoms with Gasteiger partial charge in [0.2, 0.25) is 0 Å². The Hall–Kier alpha value is 0.506. The van der Waals surface area contributed by atoms with Gasteiger partial charge in [0.25, 0.3) is 0 Å². The van der Waals surface area contributed by atoms with Gasteiger partial charge in [-0.25, -0.2) is 0 Å². The summed E-state index contributed by atoms with van der Waals surface area (Å²) in [6, 6.07) is 7.69. The van der Waals surface area contributed by atoms with Crippen LogP contribution in [0.1, 0.15) is 11.1 Å². The molecule has 0 aliphatic rings. The van der Waals surface area contributed by atoms with Crippen LogP contribution in [0.5, 0.6) is 0 Å². The summed E-state index contributed by atoms with van der Waals surface area (Å²) in [6.45, 7) is 2.02. The van der Waals surface area contributed by atoms with Gasteiger partial charge in [0.05, 0.1) is 0 Å². The van der Waals surface area contributed by atoms with Gasteiger partial charge in [0, 0.05) is 5.56 Å². The maximum atomic E-state index is 6.76. The first-order valence-electron chi connectivity index (χ1n) is 3.36. The van der Waals surface area contributed by atoms with E-state index in [0.717, 1.165) is 5.56 Å². The van der Waals surface area contributed by atoms with E-state index in [9.17, 15) is 0 Å². The van der Waals surface area contributed by atoms with Crippen LogP contribution in [0.3, 0.4) is 0 Å². The molecule has 3 heteroatoms. The first-order valence-corrected chi connectivity index (χ1v) is 11.2. The molecule has 0 spiro atoms. The number of rotatable bonds is 0. The Bertz CT molecular complexity index is 248. The predicted molar refractivity (Wildman–Crippen MR) is 61.0 cm³/mol. The number of hydrogen-bond acceptors (Lipinski definition) is 0. The maximum Gasteiger partial charge on any atom is 0.560 e. The second kappa shape index (κ2) is 8.12. The minimum atomic E-state index is 0.0417. The molecule has 0 bridgehead atoms. The Kier molecular flexibility index (Phi) is 8.46. The highest BCUT2D eigenvalue weighted by atomic mass is 79.9. The molecule has 0 nitrogen and oxygen atoms in total. The first-order chi connectivity index (χ1) is 5.74. The normalized spacial score (nSPS) is 7.17. The van der Waals surface area contributed by atoms with Crippen LogP contribution in [0.25, 0.3) is 0 Å². The van der Waals surface area contributed by atoms with Crippen LogP contribution in [0.4, 0.5) is 0 Å². The minimum absolute atomic E-state index is 0.0417. The third-order valence-electron chi connectivity index (χ3n) is 1.20. The van der Waals surface area contributed by atoms with Crippen molar-refractivity contribution < 1.29 is 0 Å². The van der Waals surface area contributed by atoms with Crippen molar-refractivity contribution >= 4 is 41.8 Å². The number of aryl methyl sites for hydroxylation is 1. The Morgan fingerprint density at radius 2 is 1.67 bits per heavy atom. The van der Waals surface area contributed by atoms with Gasteiger partial charge in [-0.2, -0.15) is 0 Å². The van der Waals surface area contributed by atoms with Gasteiger partial charge in [-0.05, 0) is 25.5 Å². The van der Waals surface area contributed by atoms with Gasteiger partial charge >= 0.3 is 16.0 Å². The highest BCUT2D eigenvalue weighted by Gasteiger charge is 1.83. The van der Waals surface area contributed by atoms with Crippen molar-refractivity contribution in [3.05, 3.63) is 41.8 Å². The second-order valence-electron chi connectivity index (χ2n) is 2.09. The lowest BCUT2D eigenvalue weighted by molar-refractivity contribution is 1.46. The quantitative estimate of drug-likeness (QED) is 0.509. The summed E-state index contributed by atoms with van der Waals surface area (Å²) in [5.41, 5.74) is 2.05. The van der Waals surface area contributed by atoms with Crippen molar-refractivity contribution in [3.63, 3.8) is 0 Å². The van der Waals surface area contributed by atoms with Crippen LogP contribution < -0.4 is 0 Å². The number of hydrogen-bond donors (Lipinski definition) is 0. The first kappa shape index (κ1) is 12.5. The molecule has 1 rings (SSSR count). The highest BCUT2D eigenvalue weighted by molar-refractivity contribution is 9.47. The van der Waals surface area contributed by atoms with E-state index in [2.05, 4.69) is 31.7 Å². The van der Waals surface area contributed by atoms with Crippen molar-refractivity contribution in [2.45, 2.75) is 6.92 Å². The fraction of sp³-hybridized carbons (Fsp3) is 0.111. The molecule has 59 valence electrons. The zero-order valence-electron chi connectivity index (χ0n) is 6.77. The highest BCUT2D eigenvalue weighted by Crippen LogP contribution is 1.99. The molecule has 12 heavy (non-hydrogen) atoms. The summed E-state index contributed by atoms with van der Waals surface area (Å²) in [7, 11) is 0. The van der Waals surface area contributed by atoms with Gasteiger partial charge in [-0.1, -0.05) is 23.6 Å². The summed E-state index contributed by atoms with van der Waals surface area (Å²) in [4.78, 5) is 0. The standard InChI is InChI=1S/C9H7.2BrH.Mg/c1-3-9-6-4-8(2)5-7-9;;;/h4-7H,2H3;2*1H;/q;;;+2/p-2. The van der Waals surface area contributed by atoms with E-state index >= 15 is 0 Å². The SMILES string of the molecule is [Br][Mg][Br].[C]#Cc1ccc(C)cc1. The summed E-state index contributed by atoms with van der Waals surface area (Å²) < 4.78 is 0. The smallest absolute Gasteiger partial charge is 0.280 e.